The van der Waals surface area contributed by atoms with Gasteiger partial charge in [-0.2, -0.15) is 0 Å². The van der Waals surface area contributed by atoms with Gasteiger partial charge >= 0.3 is 0 Å². The van der Waals surface area contributed by atoms with Crippen molar-refractivity contribution in [2.24, 2.45) is 0 Å². The lowest BCUT2D eigenvalue weighted by atomic mass is 10.0. The van der Waals surface area contributed by atoms with Crippen molar-refractivity contribution in [3.63, 3.8) is 0 Å². The third kappa shape index (κ3) is 5.05. The van der Waals surface area contributed by atoms with Crippen LogP contribution < -0.4 is 10.2 Å². The second kappa shape index (κ2) is 9.75. The van der Waals surface area contributed by atoms with Crippen LogP contribution in [-0.4, -0.2) is 47.1 Å². The van der Waals surface area contributed by atoms with Gasteiger partial charge in [0.15, 0.2) is 0 Å². The van der Waals surface area contributed by atoms with Gasteiger partial charge in [-0.3, -0.25) is 9.88 Å². The molecule has 31 heavy (non-hydrogen) atoms. The number of pyridine rings is 2. The second-order valence-electron chi connectivity index (χ2n) is 8.96. The number of para-hydroxylation sites is 1. The maximum Gasteiger partial charge on any atom is 0.133 e. The van der Waals surface area contributed by atoms with E-state index in [-0.39, 0.29) is 0 Å². The molecule has 0 radical (unpaired) electrons. The van der Waals surface area contributed by atoms with Crippen molar-refractivity contribution in [1.82, 2.24) is 20.2 Å². The monoisotopic (exact) mass is 415 g/mol. The first-order chi connectivity index (χ1) is 15.3. The maximum atomic E-state index is 5.09. The highest BCUT2D eigenvalue weighted by molar-refractivity contribution is 5.81. The van der Waals surface area contributed by atoms with Gasteiger partial charge in [-0.05, 0) is 56.4 Å². The van der Waals surface area contributed by atoms with E-state index in [2.05, 4.69) is 62.6 Å². The molecule has 1 N–H and O–H groups in total. The van der Waals surface area contributed by atoms with E-state index in [4.69, 9.17) is 4.98 Å². The topological polar surface area (TPSA) is 44.3 Å². The van der Waals surface area contributed by atoms with Crippen molar-refractivity contribution in [3.8, 4) is 0 Å². The van der Waals surface area contributed by atoms with Crippen LogP contribution in [0.15, 0.2) is 54.7 Å². The van der Waals surface area contributed by atoms with Gasteiger partial charge in [-0.1, -0.05) is 24.3 Å². The summed E-state index contributed by atoms with van der Waals surface area (Å²) in [5, 5.41) is 5.10. The average Bonchev–Trinajstić information content (AvgIpc) is 2.84. The van der Waals surface area contributed by atoms with Crippen molar-refractivity contribution >= 4 is 16.7 Å². The van der Waals surface area contributed by atoms with Gasteiger partial charge in [0, 0.05) is 62.5 Å². The molecule has 162 valence electrons. The minimum atomic E-state index is 0.570. The van der Waals surface area contributed by atoms with E-state index in [0.717, 1.165) is 44.8 Å². The van der Waals surface area contributed by atoms with Crippen molar-refractivity contribution < 1.29 is 0 Å². The SMILES string of the molecule is c1ccc(CN2CCC(NCc3cc4ccccc4nc3N3CCCCC3)CC2)nc1. The lowest BCUT2D eigenvalue weighted by Gasteiger charge is -2.33. The summed E-state index contributed by atoms with van der Waals surface area (Å²) in [5.41, 5.74) is 3.62. The molecule has 5 rings (SSSR count). The Morgan fingerprint density at radius 1 is 0.903 bits per heavy atom. The zero-order valence-electron chi connectivity index (χ0n) is 18.3. The zero-order valence-corrected chi connectivity index (χ0v) is 18.3. The number of aromatic nitrogens is 2. The number of hydrogen-bond acceptors (Lipinski definition) is 5. The summed E-state index contributed by atoms with van der Waals surface area (Å²) in [4.78, 5) is 14.6. The summed E-state index contributed by atoms with van der Waals surface area (Å²) in [6.07, 6.45) is 8.15. The van der Waals surface area contributed by atoms with Gasteiger partial charge in [-0.15, -0.1) is 0 Å². The molecule has 5 heteroatoms. The van der Waals surface area contributed by atoms with E-state index in [1.807, 2.05) is 12.3 Å². The first-order valence-electron chi connectivity index (χ1n) is 11.8. The van der Waals surface area contributed by atoms with Crippen molar-refractivity contribution in [2.75, 3.05) is 31.1 Å². The summed E-state index contributed by atoms with van der Waals surface area (Å²) < 4.78 is 0. The Morgan fingerprint density at radius 3 is 2.52 bits per heavy atom. The summed E-state index contributed by atoms with van der Waals surface area (Å²) in [5.74, 6) is 1.19. The van der Waals surface area contributed by atoms with E-state index in [0.29, 0.717) is 6.04 Å². The molecule has 0 aliphatic carbocycles. The van der Waals surface area contributed by atoms with Gasteiger partial charge in [0.2, 0.25) is 0 Å². The third-order valence-corrected chi connectivity index (χ3v) is 6.72. The van der Waals surface area contributed by atoms with Crippen LogP contribution in [0.4, 0.5) is 5.82 Å². The normalized spacial score (nSPS) is 18.5. The smallest absolute Gasteiger partial charge is 0.133 e. The number of likely N-dealkylation sites (tertiary alicyclic amines) is 1. The summed E-state index contributed by atoms with van der Waals surface area (Å²) in [6.45, 7) is 6.37. The fourth-order valence-electron chi connectivity index (χ4n) is 4.93. The summed E-state index contributed by atoms with van der Waals surface area (Å²) in [7, 11) is 0. The Kier molecular flexibility index (Phi) is 6.42. The molecule has 2 aliphatic heterocycles. The minimum absolute atomic E-state index is 0.570. The second-order valence-corrected chi connectivity index (χ2v) is 8.96. The van der Waals surface area contributed by atoms with E-state index in [1.54, 1.807) is 0 Å². The minimum Gasteiger partial charge on any atom is -0.356 e. The number of rotatable bonds is 6. The van der Waals surface area contributed by atoms with Crippen LogP contribution in [0.2, 0.25) is 0 Å². The largest absolute Gasteiger partial charge is 0.356 e. The van der Waals surface area contributed by atoms with Crippen LogP contribution in [0, 0.1) is 0 Å². The molecule has 2 aromatic heterocycles. The van der Waals surface area contributed by atoms with Crippen LogP contribution in [0.1, 0.15) is 43.4 Å². The molecule has 3 aromatic rings. The Labute approximate surface area is 185 Å². The number of nitrogens with zero attached hydrogens (tertiary/aromatic N) is 4. The molecule has 1 aromatic carbocycles. The molecule has 0 amide bonds. The van der Waals surface area contributed by atoms with E-state index in [9.17, 15) is 0 Å². The Morgan fingerprint density at radius 2 is 1.71 bits per heavy atom. The highest BCUT2D eigenvalue weighted by Gasteiger charge is 2.21. The molecule has 0 atom stereocenters. The number of piperidine rings is 2. The van der Waals surface area contributed by atoms with Crippen molar-refractivity contribution in [2.45, 2.75) is 51.2 Å². The van der Waals surface area contributed by atoms with E-state index in [1.165, 1.54) is 54.6 Å². The van der Waals surface area contributed by atoms with Gasteiger partial charge in [-0.25, -0.2) is 4.98 Å². The van der Waals surface area contributed by atoms with Crippen LogP contribution in [-0.2, 0) is 13.1 Å². The van der Waals surface area contributed by atoms with Crippen molar-refractivity contribution in [1.29, 1.82) is 0 Å². The number of nitrogens with one attached hydrogen (secondary N) is 1. The lowest BCUT2D eigenvalue weighted by Crippen LogP contribution is -2.42. The number of fused-ring (bicyclic) bond motifs is 1. The Hall–Kier alpha value is -2.50. The van der Waals surface area contributed by atoms with Crippen LogP contribution in [0.3, 0.4) is 0 Å². The molecular formula is C26H33N5. The summed E-state index contributed by atoms with van der Waals surface area (Å²) >= 11 is 0. The lowest BCUT2D eigenvalue weighted by molar-refractivity contribution is 0.188. The molecule has 2 fully saturated rings. The van der Waals surface area contributed by atoms with E-state index < -0.39 is 0 Å². The van der Waals surface area contributed by atoms with Crippen molar-refractivity contribution in [3.05, 3.63) is 66.0 Å². The number of benzene rings is 1. The van der Waals surface area contributed by atoms with E-state index >= 15 is 0 Å². The van der Waals surface area contributed by atoms with Crippen LogP contribution in [0.5, 0.6) is 0 Å². The predicted octanol–water partition coefficient (Wildman–Crippen LogP) is 4.37. The molecule has 0 saturated carbocycles. The fraction of sp³-hybridized carbons (Fsp3) is 0.462. The molecule has 2 saturated heterocycles. The molecule has 5 nitrogen and oxygen atoms in total. The Bertz CT molecular complexity index is 976. The molecule has 4 heterocycles. The first-order valence-corrected chi connectivity index (χ1v) is 11.8. The number of hydrogen-bond donors (Lipinski definition) is 1. The maximum absolute atomic E-state index is 5.09. The zero-order chi connectivity index (χ0) is 20.9. The molecule has 0 bridgehead atoms. The average molecular weight is 416 g/mol. The quantitative estimate of drug-likeness (QED) is 0.647. The summed E-state index contributed by atoms with van der Waals surface area (Å²) in [6, 6.07) is 17.6. The Balaban J connectivity index is 1.23. The molecule has 2 aliphatic rings. The van der Waals surface area contributed by atoms with Gasteiger partial charge < -0.3 is 10.2 Å². The van der Waals surface area contributed by atoms with Gasteiger partial charge in [0.1, 0.15) is 5.82 Å². The molecular weight excluding hydrogens is 382 g/mol. The highest BCUT2D eigenvalue weighted by Crippen LogP contribution is 2.26. The van der Waals surface area contributed by atoms with Gasteiger partial charge in [0.05, 0.1) is 11.2 Å². The van der Waals surface area contributed by atoms with Crippen LogP contribution >= 0.6 is 0 Å². The van der Waals surface area contributed by atoms with Crippen LogP contribution in [0.25, 0.3) is 10.9 Å². The standard InChI is InChI=1S/C26H33N5/c1-6-14-31(15-7-1)26-22(18-21-8-2-3-10-25(21)29-26)19-28-23-11-16-30(17-12-23)20-24-9-4-5-13-27-24/h2-5,8-10,13,18,23,28H,1,6-7,11-12,14-17,19-20H2. The number of anilines is 1. The highest BCUT2D eigenvalue weighted by atomic mass is 15.2. The fourth-order valence-corrected chi connectivity index (χ4v) is 4.93. The predicted molar refractivity (Wildman–Crippen MR) is 127 cm³/mol. The molecule has 0 spiro atoms. The molecule has 0 unspecified atom stereocenters. The third-order valence-electron chi connectivity index (χ3n) is 6.72. The first kappa shape index (κ1) is 20.4. The van der Waals surface area contributed by atoms with Gasteiger partial charge in [0.25, 0.3) is 0 Å².